The van der Waals surface area contributed by atoms with Gasteiger partial charge >= 0.3 is 0 Å². The molecule has 0 fully saturated rings. The number of aromatic amines is 1. The van der Waals surface area contributed by atoms with Crippen molar-refractivity contribution < 1.29 is 9.47 Å². The number of likely N-dealkylation sites (N-methyl/N-ethyl adjacent to an activating group) is 1. The van der Waals surface area contributed by atoms with Crippen molar-refractivity contribution in [1.82, 2.24) is 10.3 Å². The minimum absolute atomic E-state index is 0.631. The summed E-state index contributed by atoms with van der Waals surface area (Å²) in [5.41, 5.74) is 2.44. The lowest BCUT2D eigenvalue weighted by molar-refractivity contribution is 0.172. The van der Waals surface area contributed by atoms with Crippen LogP contribution in [0.2, 0.25) is 0 Å². The molecule has 18 heavy (non-hydrogen) atoms. The molecule has 4 heteroatoms. The van der Waals surface area contributed by atoms with Gasteiger partial charge in [-0.25, -0.2) is 0 Å². The van der Waals surface area contributed by atoms with Gasteiger partial charge in [-0.1, -0.05) is 6.92 Å². The molecule has 0 aliphatic carbocycles. The fourth-order valence-electron chi connectivity index (χ4n) is 2.32. The standard InChI is InChI=1S/C14H18N2O2/c1-2-15-4-3-10-9-16-12-8-14-13(7-11(10)12)17-5-6-18-14/h7-9,15-16H,2-6H2,1H3. The van der Waals surface area contributed by atoms with Crippen molar-refractivity contribution in [3.05, 3.63) is 23.9 Å². The van der Waals surface area contributed by atoms with Crippen molar-refractivity contribution in [1.29, 1.82) is 0 Å². The minimum Gasteiger partial charge on any atom is -0.486 e. The van der Waals surface area contributed by atoms with Gasteiger partial charge in [-0.2, -0.15) is 0 Å². The molecule has 96 valence electrons. The van der Waals surface area contributed by atoms with E-state index in [0.29, 0.717) is 13.2 Å². The molecule has 1 aliphatic rings. The van der Waals surface area contributed by atoms with E-state index in [1.165, 1.54) is 10.9 Å². The monoisotopic (exact) mass is 246 g/mol. The second kappa shape index (κ2) is 4.90. The Hall–Kier alpha value is -1.68. The summed E-state index contributed by atoms with van der Waals surface area (Å²) < 4.78 is 11.2. The summed E-state index contributed by atoms with van der Waals surface area (Å²) in [7, 11) is 0. The molecule has 0 saturated heterocycles. The van der Waals surface area contributed by atoms with E-state index in [1.54, 1.807) is 0 Å². The van der Waals surface area contributed by atoms with Crippen molar-refractivity contribution in [3.8, 4) is 11.5 Å². The van der Waals surface area contributed by atoms with Gasteiger partial charge in [0.15, 0.2) is 11.5 Å². The van der Waals surface area contributed by atoms with Gasteiger partial charge in [0.1, 0.15) is 13.2 Å². The summed E-state index contributed by atoms with van der Waals surface area (Å²) in [5, 5.41) is 4.58. The lowest BCUT2D eigenvalue weighted by atomic mass is 10.1. The zero-order chi connectivity index (χ0) is 12.4. The first kappa shape index (κ1) is 11.4. The van der Waals surface area contributed by atoms with Crippen LogP contribution in [0.15, 0.2) is 18.3 Å². The largest absolute Gasteiger partial charge is 0.486 e. The van der Waals surface area contributed by atoms with Crippen LogP contribution in [-0.2, 0) is 6.42 Å². The van der Waals surface area contributed by atoms with Crippen molar-refractivity contribution in [2.75, 3.05) is 26.3 Å². The smallest absolute Gasteiger partial charge is 0.163 e. The minimum atomic E-state index is 0.631. The average molecular weight is 246 g/mol. The van der Waals surface area contributed by atoms with Gasteiger partial charge in [0.05, 0.1) is 0 Å². The van der Waals surface area contributed by atoms with E-state index in [9.17, 15) is 0 Å². The van der Waals surface area contributed by atoms with E-state index in [-0.39, 0.29) is 0 Å². The van der Waals surface area contributed by atoms with Gasteiger partial charge in [0, 0.05) is 23.2 Å². The summed E-state index contributed by atoms with van der Waals surface area (Å²) >= 11 is 0. The van der Waals surface area contributed by atoms with Crippen LogP contribution < -0.4 is 14.8 Å². The van der Waals surface area contributed by atoms with Crippen molar-refractivity contribution >= 4 is 10.9 Å². The molecule has 1 aromatic carbocycles. The maximum absolute atomic E-state index is 5.63. The first-order valence-corrected chi connectivity index (χ1v) is 6.49. The molecule has 0 spiro atoms. The SMILES string of the molecule is CCNCCc1c[nH]c2cc3c(cc12)OCCO3. The van der Waals surface area contributed by atoms with Gasteiger partial charge in [-0.05, 0) is 31.1 Å². The van der Waals surface area contributed by atoms with Gasteiger partial charge in [0.2, 0.25) is 0 Å². The lowest BCUT2D eigenvalue weighted by Crippen LogP contribution is -2.16. The number of nitrogens with one attached hydrogen (secondary N) is 2. The Morgan fingerprint density at radius 3 is 2.78 bits per heavy atom. The van der Waals surface area contributed by atoms with Crippen LogP contribution in [0.3, 0.4) is 0 Å². The second-order valence-electron chi connectivity index (χ2n) is 4.46. The molecule has 3 rings (SSSR count). The quantitative estimate of drug-likeness (QED) is 0.812. The normalized spacial score (nSPS) is 14.1. The number of fused-ring (bicyclic) bond motifs is 2. The number of rotatable bonds is 4. The maximum atomic E-state index is 5.63. The molecule has 0 saturated carbocycles. The van der Waals surface area contributed by atoms with E-state index < -0.39 is 0 Å². The average Bonchev–Trinajstić information content (AvgIpc) is 2.79. The first-order chi connectivity index (χ1) is 8.88. The van der Waals surface area contributed by atoms with Crippen LogP contribution in [0.1, 0.15) is 12.5 Å². The molecule has 0 radical (unpaired) electrons. The predicted octanol–water partition coefficient (Wildman–Crippen LogP) is 2.09. The third-order valence-electron chi connectivity index (χ3n) is 3.25. The Kier molecular flexibility index (Phi) is 3.11. The Labute approximate surface area is 106 Å². The van der Waals surface area contributed by atoms with Crippen LogP contribution in [0, 0.1) is 0 Å². The van der Waals surface area contributed by atoms with E-state index >= 15 is 0 Å². The summed E-state index contributed by atoms with van der Waals surface area (Å²) in [6, 6.07) is 4.11. The third kappa shape index (κ3) is 2.04. The molecule has 0 atom stereocenters. The number of aromatic nitrogens is 1. The zero-order valence-electron chi connectivity index (χ0n) is 10.6. The Morgan fingerprint density at radius 1 is 1.22 bits per heavy atom. The molecule has 2 aromatic rings. The number of benzene rings is 1. The van der Waals surface area contributed by atoms with Crippen LogP contribution >= 0.6 is 0 Å². The van der Waals surface area contributed by atoms with E-state index in [0.717, 1.165) is 36.5 Å². The fraction of sp³-hybridized carbons (Fsp3) is 0.429. The first-order valence-electron chi connectivity index (χ1n) is 6.49. The van der Waals surface area contributed by atoms with Gasteiger partial charge < -0.3 is 19.8 Å². The molecule has 4 nitrogen and oxygen atoms in total. The van der Waals surface area contributed by atoms with Crippen LogP contribution in [0.25, 0.3) is 10.9 Å². The van der Waals surface area contributed by atoms with Crippen molar-refractivity contribution in [2.45, 2.75) is 13.3 Å². The summed E-state index contributed by atoms with van der Waals surface area (Å²) in [5.74, 6) is 1.70. The summed E-state index contributed by atoms with van der Waals surface area (Å²) in [4.78, 5) is 3.30. The van der Waals surface area contributed by atoms with Crippen LogP contribution in [0.4, 0.5) is 0 Å². The fourth-order valence-corrected chi connectivity index (χ4v) is 2.32. The number of ether oxygens (including phenoxy) is 2. The van der Waals surface area contributed by atoms with Crippen LogP contribution in [-0.4, -0.2) is 31.3 Å². The van der Waals surface area contributed by atoms with Crippen LogP contribution in [0.5, 0.6) is 11.5 Å². The highest BCUT2D eigenvalue weighted by Gasteiger charge is 2.14. The molecule has 0 bridgehead atoms. The van der Waals surface area contributed by atoms with Crippen molar-refractivity contribution in [2.24, 2.45) is 0 Å². The molecule has 0 amide bonds. The maximum Gasteiger partial charge on any atom is 0.163 e. The molecular formula is C14H18N2O2. The highest BCUT2D eigenvalue weighted by atomic mass is 16.6. The van der Waals surface area contributed by atoms with Gasteiger partial charge in [0.25, 0.3) is 0 Å². The topological polar surface area (TPSA) is 46.3 Å². The molecule has 1 aliphatic heterocycles. The number of hydrogen-bond acceptors (Lipinski definition) is 3. The van der Waals surface area contributed by atoms with Crippen molar-refractivity contribution in [3.63, 3.8) is 0 Å². The highest BCUT2D eigenvalue weighted by Crippen LogP contribution is 2.35. The van der Waals surface area contributed by atoms with Gasteiger partial charge in [-0.15, -0.1) is 0 Å². The third-order valence-corrected chi connectivity index (χ3v) is 3.25. The molecule has 1 aromatic heterocycles. The van der Waals surface area contributed by atoms with E-state index in [2.05, 4.69) is 29.5 Å². The Balaban J connectivity index is 1.92. The lowest BCUT2D eigenvalue weighted by Gasteiger charge is -2.18. The Bertz CT molecular complexity index is 548. The van der Waals surface area contributed by atoms with E-state index in [1.807, 2.05) is 6.07 Å². The molecular weight excluding hydrogens is 228 g/mol. The van der Waals surface area contributed by atoms with E-state index in [4.69, 9.17) is 9.47 Å². The number of hydrogen-bond donors (Lipinski definition) is 2. The zero-order valence-corrected chi connectivity index (χ0v) is 10.6. The predicted molar refractivity (Wildman–Crippen MR) is 71.5 cm³/mol. The van der Waals surface area contributed by atoms with Gasteiger partial charge in [-0.3, -0.25) is 0 Å². The molecule has 2 N–H and O–H groups in total. The summed E-state index contributed by atoms with van der Waals surface area (Å²) in [6.45, 7) is 5.39. The molecule has 0 unspecified atom stereocenters. The second-order valence-corrected chi connectivity index (χ2v) is 4.46. The number of H-pyrrole nitrogens is 1. The summed E-state index contributed by atoms with van der Waals surface area (Å²) in [6.07, 6.45) is 3.10. The Morgan fingerprint density at radius 2 is 2.00 bits per heavy atom. The highest BCUT2D eigenvalue weighted by molar-refractivity contribution is 5.86. The molecule has 2 heterocycles.